The molecule has 0 fully saturated rings. The molecule has 0 amide bonds. The lowest BCUT2D eigenvalue weighted by atomic mass is 10.4. The molecule has 0 saturated carbocycles. The van der Waals surface area contributed by atoms with E-state index in [4.69, 9.17) is 27.1 Å². The van der Waals surface area contributed by atoms with Crippen LogP contribution in [-0.4, -0.2) is 54.1 Å². The van der Waals surface area contributed by atoms with Crippen molar-refractivity contribution in [2.24, 2.45) is 0 Å². The second kappa shape index (κ2) is 20.3. The second-order valence-electron chi connectivity index (χ2n) is 9.82. The van der Waals surface area contributed by atoms with E-state index in [9.17, 15) is 0 Å². The van der Waals surface area contributed by atoms with Crippen LogP contribution < -0.4 is 0 Å². The van der Waals surface area contributed by atoms with Crippen LogP contribution in [0.2, 0.25) is 0 Å². The van der Waals surface area contributed by atoms with Crippen molar-refractivity contribution in [3.8, 4) is 0 Å². The van der Waals surface area contributed by atoms with Crippen molar-refractivity contribution in [2.75, 3.05) is 39.6 Å². The molecule has 266 valence electrons. The third-order valence-corrected chi connectivity index (χ3v) is 21.7. The molecular weight excluding hydrogens is 729 g/mol. The van der Waals surface area contributed by atoms with Gasteiger partial charge in [-0.05, 0) is 77.9 Å². The Balaban J connectivity index is 2.67. The highest BCUT2D eigenvalue weighted by atomic mass is 32.2. The van der Waals surface area contributed by atoms with Gasteiger partial charge < -0.3 is 27.1 Å². The highest BCUT2D eigenvalue weighted by Gasteiger charge is 2.72. The van der Waals surface area contributed by atoms with Crippen molar-refractivity contribution in [2.45, 2.75) is 70.7 Å². The Morgan fingerprint density at radius 2 is 0.771 bits per heavy atom. The van der Waals surface area contributed by atoms with Gasteiger partial charge in [-0.1, -0.05) is 54.6 Å². The number of rotatable bonds is 23. The molecule has 0 aliphatic rings. The normalized spacial score (nSPS) is 15.1. The highest BCUT2D eigenvalue weighted by molar-refractivity contribution is 8.15. The van der Waals surface area contributed by atoms with Gasteiger partial charge in [0.25, 0.3) is 0 Å². The summed E-state index contributed by atoms with van der Waals surface area (Å²) in [7, 11) is -13.1. The predicted molar refractivity (Wildman–Crippen MR) is 200 cm³/mol. The maximum absolute atomic E-state index is 16.1. The summed E-state index contributed by atoms with van der Waals surface area (Å²) in [5, 5.41) is 0. The van der Waals surface area contributed by atoms with E-state index in [0.29, 0.717) is 14.7 Å². The highest BCUT2D eigenvalue weighted by Crippen LogP contribution is 2.84. The number of thioether (sulfide) groups is 3. The van der Waals surface area contributed by atoms with Crippen LogP contribution >= 0.6 is 58.1 Å². The van der Waals surface area contributed by atoms with Crippen LogP contribution in [0, 0.1) is 0 Å². The lowest BCUT2D eigenvalue weighted by molar-refractivity contribution is 0.191. The Kier molecular flexibility index (Phi) is 17.6. The van der Waals surface area contributed by atoms with Crippen molar-refractivity contribution in [1.82, 2.24) is 0 Å². The van der Waals surface area contributed by atoms with Gasteiger partial charge in [-0.15, -0.1) is 35.3 Å². The lowest BCUT2D eigenvalue weighted by Crippen LogP contribution is -2.48. The maximum Gasteiger partial charge on any atom is 0.350 e. The van der Waals surface area contributed by atoms with Gasteiger partial charge in [0.15, 0.2) is 4.49 Å². The minimum atomic E-state index is -4.54. The zero-order valence-electron chi connectivity index (χ0n) is 28.3. The van der Waals surface area contributed by atoms with Crippen LogP contribution in [0.4, 0.5) is 0 Å². The molecule has 3 rings (SSSR count). The molecule has 0 saturated heterocycles. The predicted octanol–water partition coefficient (Wildman–Crippen LogP) is 11.5. The fraction of sp³-hybridized carbons (Fsp3) is 0.455. The SMILES string of the molecule is CCOP(=O)(OCC)C(Sc1ccccc1)C(Sc1ccccc1)(C(Sc1ccccc1)P(=O)(OCC)OCC)P(=O)(OCC)OCC. The van der Waals surface area contributed by atoms with Crippen molar-refractivity contribution in [3.05, 3.63) is 91.0 Å². The van der Waals surface area contributed by atoms with Gasteiger partial charge >= 0.3 is 22.8 Å². The average Bonchev–Trinajstić information content (AvgIpc) is 3.07. The topological polar surface area (TPSA) is 107 Å². The molecule has 2 unspecified atom stereocenters. The van der Waals surface area contributed by atoms with E-state index in [0.717, 1.165) is 35.3 Å². The first-order valence-electron chi connectivity index (χ1n) is 16.0. The largest absolute Gasteiger partial charge is 0.350 e. The maximum atomic E-state index is 16.1. The van der Waals surface area contributed by atoms with Gasteiger partial charge in [0.1, 0.15) is 9.98 Å². The molecule has 0 bridgehead atoms. The summed E-state index contributed by atoms with van der Waals surface area (Å²) in [4.78, 5) is -0.668. The molecule has 0 N–H and O–H groups in total. The third kappa shape index (κ3) is 10.1. The summed E-state index contributed by atoms with van der Waals surface area (Å²) in [5.41, 5.74) is 0. The Morgan fingerprint density at radius 1 is 0.479 bits per heavy atom. The van der Waals surface area contributed by atoms with E-state index in [2.05, 4.69) is 0 Å². The standard InChI is InChI=1S/C33H47O9P3S3/c1-7-37-43(34,38-8-2)31(46-28-22-16-13-17-23-28)33(45(36,41-11-5)42-12-6,48-30-26-20-15-21-27-30)32(44(35,39-9-3)40-10-4)47-29-24-18-14-19-25-29/h13-27,31-32H,7-12H2,1-6H3. The molecule has 0 aliphatic heterocycles. The third-order valence-electron chi connectivity index (χ3n) is 6.55. The average molecular weight is 777 g/mol. The molecule has 3 aromatic carbocycles. The summed E-state index contributed by atoms with van der Waals surface area (Å²) in [6.45, 7) is 10.3. The minimum Gasteiger partial charge on any atom is -0.308 e. The molecule has 3 aromatic rings. The van der Waals surface area contributed by atoms with Gasteiger partial charge in [-0.2, -0.15) is 0 Å². The van der Waals surface area contributed by atoms with E-state index >= 15 is 13.7 Å². The first-order valence-corrected chi connectivity index (χ1v) is 23.3. The van der Waals surface area contributed by atoms with Crippen molar-refractivity contribution in [1.29, 1.82) is 0 Å². The molecule has 0 aromatic heterocycles. The van der Waals surface area contributed by atoms with Gasteiger partial charge in [0.05, 0.1) is 39.6 Å². The smallest absolute Gasteiger partial charge is 0.308 e. The quantitative estimate of drug-likeness (QED) is 0.0676. The fourth-order valence-electron chi connectivity index (χ4n) is 4.88. The number of benzene rings is 3. The van der Waals surface area contributed by atoms with Crippen LogP contribution in [0.15, 0.2) is 106 Å². The second-order valence-corrected chi connectivity index (χ2v) is 21.0. The van der Waals surface area contributed by atoms with Crippen molar-refractivity contribution in [3.63, 3.8) is 0 Å². The van der Waals surface area contributed by atoms with Gasteiger partial charge in [-0.3, -0.25) is 13.7 Å². The monoisotopic (exact) mass is 776 g/mol. The molecule has 0 radical (unpaired) electrons. The molecule has 0 heterocycles. The zero-order valence-corrected chi connectivity index (χ0v) is 33.4. The van der Waals surface area contributed by atoms with E-state index < -0.39 is 37.3 Å². The van der Waals surface area contributed by atoms with Crippen molar-refractivity contribution >= 4 is 58.1 Å². The van der Waals surface area contributed by atoms with Gasteiger partial charge in [-0.25, -0.2) is 0 Å². The molecule has 2 atom stereocenters. The molecule has 15 heteroatoms. The first kappa shape index (κ1) is 41.6. The fourth-order valence-corrected chi connectivity index (χ4v) is 21.0. The molecule has 0 spiro atoms. The van der Waals surface area contributed by atoms with E-state index in [1.165, 1.54) is 0 Å². The van der Waals surface area contributed by atoms with E-state index in [1.807, 2.05) is 91.0 Å². The molecular formula is C33H47O9P3S3. The number of hydrogen-bond donors (Lipinski definition) is 0. The van der Waals surface area contributed by atoms with Crippen molar-refractivity contribution < 1.29 is 40.8 Å². The van der Waals surface area contributed by atoms with Crippen LogP contribution in [0.25, 0.3) is 0 Å². The summed E-state index contributed by atoms with van der Waals surface area (Å²) in [6, 6.07) is 27.8. The van der Waals surface area contributed by atoms with Gasteiger partial charge in [0.2, 0.25) is 0 Å². The van der Waals surface area contributed by atoms with Gasteiger partial charge in [0, 0.05) is 14.7 Å². The molecule has 48 heavy (non-hydrogen) atoms. The van der Waals surface area contributed by atoms with E-state index in [-0.39, 0.29) is 39.6 Å². The summed E-state index contributed by atoms with van der Waals surface area (Å²) in [5.74, 6) is 0. The summed E-state index contributed by atoms with van der Waals surface area (Å²) >= 11 is 3.44. The summed E-state index contributed by atoms with van der Waals surface area (Å²) in [6.07, 6.45) is 0. The Labute approximate surface area is 298 Å². The minimum absolute atomic E-state index is 0.0217. The van der Waals surface area contributed by atoms with Crippen LogP contribution in [0.1, 0.15) is 41.5 Å². The zero-order chi connectivity index (χ0) is 35.1. The van der Waals surface area contributed by atoms with Crippen LogP contribution in [-0.2, 0) is 40.8 Å². The van der Waals surface area contributed by atoms with Crippen LogP contribution in [0.5, 0.6) is 0 Å². The molecule has 0 aliphatic carbocycles. The Bertz CT molecular complexity index is 1400. The Hall–Kier alpha value is -0.840. The summed E-state index contributed by atoms with van der Waals surface area (Å²) < 4.78 is 82.1. The van der Waals surface area contributed by atoms with Crippen LogP contribution in [0.3, 0.4) is 0 Å². The van der Waals surface area contributed by atoms with E-state index in [1.54, 1.807) is 41.5 Å². The molecule has 9 nitrogen and oxygen atoms in total. The lowest BCUT2D eigenvalue weighted by Gasteiger charge is -2.49. The Morgan fingerprint density at radius 3 is 1.06 bits per heavy atom. The first-order chi connectivity index (χ1) is 23.1. The number of hydrogen-bond acceptors (Lipinski definition) is 12.